The van der Waals surface area contributed by atoms with Crippen LogP contribution in [0.5, 0.6) is 29.8 Å². The normalized spacial score (nSPS) is 12.5. The average Bonchev–Trinajstić information content (AvgIpc) is 4.11. The van der Waals surface area contributed by atoms with E-state index in [-0.39, 0.29) is 0 Å². The number of nitrogens with zero attached hydrogens (tertiary/aromatic N) is 8. The van der Waals surface area contributed by atoms with Crippen molar-refractivity contribution in [3.05, 3.63) is 103 Å². The molecule has 6 rings (SSSR count). The summed E-state index contributed by atoms with van der Waals surface area (Å²) in [6.07, 6.45) is 19.8. The zero-order valence-electron chi connectivity index (χ0n) is 45.3. The molecule has 1 saturated carbocycles. The summed E-state index contributed by atoms with van der Waals surface area (Å²) in [5.74, 6) is 2.09. The minimum Gasteiger partial charge on any atom is -0.478 e. The Hall–Kier alpha value is -5.46. The molecule has 0 aliphatic heterocycles. The standard InChI is InChI=1S/C13H20N2O.C11H18N2O.2C11H17NO.C10H16N2O/c1-13(2,3)7-9-16-12-14-8-6-11(15-12)10-4-5-10;1-9-7-12-10(13-8-9)14-6-5-11(2,3)4;2*1-11(2,3)7-9-13-10-6-4-5-8-12-10;1-10(2,3)5-8-13-9-11-6-4-7-12-9/h6,8,10H,4-5,7,9H2,1-3H3;7-8H,5-6H2,1-4H3;2*4-6,8H,7,9H2,1-3H3;4,6-7H,5,8H2,1-3H3. The Labute approximate surface area is 416 Å². The third-order valence-corrected chi connectivity index (χ3v) is 9.68. The lowest BCUT2D eigenvalue weighted by atomic mass is 9.93. The van der Waals surface area contributed by atoms with Crippen LogP contribution in [0.4, 0.5) is 0 Å². The summed E-state index contributed by atoms with van der Waals surface area (Å²) in [5, 5.41) is 0. The third-order valence-electron chi connectivity index (χ3n) is 9.68. The summed E-state index contributed by atoms with van der Waals surface area (Å²) >= 11 is 0. The van der Waals surface area contributed by atoms with Gasteiger partial charge in [0.1, 0.15) is 0 Å². The number of pyridine rings is 2. The van der Waals surface area contributed by atoms with Crippen molar-refractivity contribution in [2.24, 2.45) is 27.1 Å². The second-order valence-corrected chi connectivity index (χ2v) is 23.2. The molecule has 0 atom stereocenters. The van der Waals surface area contributed by atoms with E-state index >= 15 is 0 Å². The first-order valence-corrected chi connectivity index (χ1v) is 24.6. The molecule has 13 nitrogen and oxygen atoms in total. The first-order chi connectivity index (χ1) is 32.3. The van der Waals surface area contributed by atoms with Crippen LogP contribution in [0.3, 0.4) is 0 Å². The molecule has 5 heterocycles. The molecule has 1 aliphatic carbocycles. The van der Waals surface area contributed by atoms with Crippen LogP contribution in [-0.2, 0) is 0 Å². The van der Waals surface area contributed by atoms with Crippen molar-refractivity contribution in [1.82, 2.24) is 39.9 Å². The SMILES string of the molecule is CC(C)(C)CCOc1ccccn1.CC(C)(C)CCOc1ccccn1.CC(C)(C)CCOc1nccc(C2CC2)n1.CC(C)(C)CCOc1ncccn1.Cc1cnc(OCCC(C)(C)C)nc1. The predicted octanol–water partition coefficient (Wildman–Crippen LogP) is 13.9. The lowest BCUT2D eigenvalue weighted by Gasteiger charge is -2.17. The van der Waals surface area contributed by atoms with Crippen molar-refractivity contribution in [2.75, 3.05) is 33.0 Å². The van der Waals surface area contributed by atoms with Gasteiger partial charge in [-0.15, -0.1) is 0 Å². The van der Waals surface area contributed by atoms with Gasteiger partial charge in [0, 0.05) is 61.4 Å². The summed E-state index contributed by atoms with van der Waals surface area (Å²) in [7, 11) is 0. The van der Waals surface area contributed by atoms with Gasteiger partial charge in [-0.3, -0.25) is 0 Å². The Balaban J connectivity index is 0.000000297. The number of hydrogen-bond donors (Lipinski definition) is 0. The first-order valence-electron chi connectivity index (χ1n) is 24.6. The van der Waals surface area contributed by atoms with E-state index in [1.54, 1.807) is 49.4 Å². The van der Waals surface area contributed by atoms with E-state index < -0.39 is 0 Å². The molecule has 5 aromatic rings. The van der Waals surface area contributed by atoms with Crippen LogP contribution in [0.25, 0.3) is 0 Å². The molecule has 0 bridgehead atoms. The van der Waals surface area contributed by atoms with Gasteiger partial charge >= 0.3 is 18.0 Å². The van der Waals surface area contributed by atoms with Crippen LogP contribution in [0.2, 0.25) is 0 Å². The summed E-state index contributed by atoms with van der Waals surface area (Å²) in [6.45, 7) is 38.4. The fourth-order valence-corrected chi connectivity index (χ4v) is 4.98. The van der Waals surface area contributed by atoms with Crippen LogP contribution >= 0.6 is 0 Å². The maximum absolute atomic E-state index is 5.58. The Bertz CT molecular complexity index is 1910. The summed E-state index contributed by atoms with van der Waals surface area (Å²) in [5.41, 5.74) is 3.74. The van der Waals surface area contributed by atoms with Crippen molar-refractivity contribution in [1.29, 1.82) is 0 Å². The molecule has 13 heteroatoms. The maximum atomic E-state index is 5.58. The highest BCUT2D eigenvalue weighted by molar-refractivity contribution is 5.15. The maximum Gasteiger partial charge on any atom is 0.316 e. The molecule has 382 valence electrons. The van der Waals surface area contributed by atoms with Crippen molar-refractivity contribution < 1.29 is 23.7 Å². The molecule has 5 aromatic heterocycles. The number of ether oxygens (including phenoxy) is 5. The van der Waals surface area contributed by atoms with Gasteiger partial charge in [0.2, 0.25) is 11.8 Å². The smallest absolute Gasteiger partial charge is 0.316 e. The Morgan fingerprint density at radius 3 is 1.10 bits per heavy atom. The molecule has 0 unspecified atom stereocenters. The first kappa shape index (κ1) is 59.7. The van der Waals surface area contributed by atoms with Gasteiger partial charge < -0.3 is 23.7 Å². The van der Waals surface area contributed by atoms with Gasteiger partial charge in [0.25, 0.3) is 0 Å². The van der Waals surface area contributed by atoms with Crippen molar-refractivity contribution in [3.8, 4) is 29.8 Å². The summed E-state index contributed by atoms with van der Waals surface area (Å²) < 4.78 is 27.3. The fraction of sp³-hybridized carbons (Fsp3) is 0.607. The van der Waals surface area contributed by atoms with Crippen molar-refractivity contribution >= 4 is 0 Å². The number of aromatic nitrogens is 8. The fourth-order valence-electron chi connectivity index (χ4n) is 4.98. The Morgan fingerprint density at radius 1 is 0.391 bits per heavy atom. The van der Waals surface area contributed by atoms with Gasteiger partial charge in [-0.2, -0.15) is 4.98 Å². The molecule has 69 heavy (non-hydrogen) atoms. The monoisotopic (exact) mass is 953 g/mol. The minimum absolute atomic E-state index is 0.296. The van der Waals surface area contributed by atoms with E-state index in [1.807, 2.05) is 49.4 Å². The highest BCUT2D eigenvalue weighted by atomic mass is 16.5. The molecule has 1 fully saturated rings. The van der Waals surface area contributed by atoms with Crippen molar-refractivity contribution in [3.63, 3.8) is 0 Å². The van der Waals surface area contributed by atoms with E-state index in [0.29, 0.717) is 82.6 Å². The zero-order chi connectivity index (χ0) is 51.4. The van der Waals surface area contributed by atoms with Crippen LogP contribution in [-0.4, -0.2) is 72.9 Å². The van der Waals surface area contributed by atoms with Gasteiger partial charge in [0.15, 0.2) is 0 Å². The molecule has 0 aromatic carbocycles. The van der Waals surface area contributed by atoms with Gasteiger partial charge in [-0.05, 0) is 109 Å². The quantitative estimate of drug-likeness (QED) is 0.0924. The highest BCUT2D eigenvalue weighted by Gasteiger charge is 2.25. The van der Waals surface area contributed by atoms with E-state index in [9.17, 15) is 0 Å². The van der Waals surface area contributed by atoms with E-state index in [2.05, 4.69) is 144 Å². The van der Waals surface area contributed by atoms with Crippen LogP contribution in [0.1, 0.15) is 166 Å². The molecular formula is C56H88N8O5. The highest BCUT2D eigenvalue weighted by Crippen LogP contribution is 2.39. The topological polar surface area (TPSA) is 149 Å². The van der Waals surface area contributed by atoms with Crippen LogP contribution in [0, 0.1) is 34.0 Å². The summed E-state index contributed by atoms with van der Waals surface area (Å²) in [6, 6.07) is 16.6. The molecule has 1 aliphatic rings. The largest absolute Gasteiger partial charge is 0.478 e. The molecule has 0 saturated heterocycles. The molecule has 0 radical (unpaired) electrons. The minimum atomic E-state index is 0.296. The third kappa shape index (κ3) is 35.3. The lowest BCUT2D eigenvalue weighted by Crippen LogP contribution is -2.12. The van der Waals surface area contributed by atoms with E-state index in [0.717, 1.165) is 56.6 Å². The summed E-state index contributed by atoms with van der Waals surface area (Å²) in [4.78, 5) is 32.8. The number of hydrogen-bond acceptors (Lipinski definition) is 13. The van der Waals surface area contributed by atoms with E-state index in [1.165, 1.54) is 12.8 Å². The van der Waals surface area contributed by atoms with Crippen LogP contribution < -0.4 is 23.7 Å². The second-order valence-electron chi connectivity index (χ2n) is 23.2. The average molecular weight is 953 g/mol. The number of rotatable bonds is 16. The van der Waals surface area contributed by atoms with E-state index in [4.69, 9.17) is 23.7 Å². The Kier molecular flexibility index (Phi) is 26.1. The molecule has 0 spiro atoms. The number of aryl methyl sites for hydroxylation is 1. The van der Waals surface area contributed by atoms with Crippen LogP contribution in [0.15, 0.2) is 91.9 Å². The second kappa shape index (κ2) is 30.2. The predicted molar refractivity (Wildman–Crippen MR) is 279 cm³/mol. The zero-order valence-corrected chi connectivity index (χ0v) is 45.3. The Morgan fingerprint density at radius 2 is 0.739 bits per heavy atom. The molecular weight excluding hydrogens is 865 g/mol. The molecule has 0 N–H and O–H groups in total. The lowest BCUT2D eigenvalue weighted by molar-refractivity contribution is 0.228. The van der Waals surface area contributed by atoms with Gasteiger partial charge in [0.05, 0.1) is 38.7 Å². The van der Waals surface area contributed by atoms with Gasteiger partial charge in [-0.25, -0.2) is 34.9 Å². The van der Waals surface area contributed by atoms with Crippen molar-refractivity contribution in [2.45, 2.75) is 162 Å². The molecule has 0 amide bonds. The van der Waals surface area contributed by atoms with Gasteiger partial charge in [-0.1, -0.05) is 116 Å².